The third-order valence-electron chi connectivity index (χ3n) is 3.21. The number of rotatable bonds is 1. The zero-order valence-corrected chi connectivity index (χ0v) is 9.65. The van der Waals surface area contributed by atoms with Gasteiger partial charge in [-0.3, -0.25) is 4.79 Å². The van der Waals surface area contributed by atoms with Gasteiger partial charge in [-0.05, 0) is 31.9 Å². The number of amides is 1. The molecule has 0 spiro atoms. The van der Waals surface area contributed by atoms with Gasteiger partial charge in [-0.1, -0.05) is 18.2 Å². The topological polar surface area (TPSA) is 46.3 Å². The van der Waals surface area contributed by atoms with Crippen LogP contribution in [0.3, 0.4) is 0 Å². The summed E-state index contributed by atoms with van der Waals surface area (Å²) in [6.45, 7) is 3.58. The Morgan fingerprint density at radius 1 is 1.25 bits per heavy atom. The van der Waals surface area contributed by atoms with E-state index in [1.165, 1.54) is 0 Å². The molecule has 1 aliphatic heterocycles. The van der Waals surface area contributed by atoms with Crippen molar-refractivity contribution < 1.29 is 4.79 Å². The number of benzene rings is 1. The summed E-state index contributed by atoms with van der Waals surface area (Å²) in [4.78, 5) is 14.0. The molecule has 1 saturated heterocycles. The van der Waals surface area contributed by atoms with Gasteiger partial charge >= 0.3 is 0 Å². The number of piperidine rings is 1. The van der Waals surface area contributed by atoms with Crippen LogP contribution in [0.5, 0.6) is 0 Å². The summed E-state index contributed by atoms with van der Waals surface area (Å²) >= 11 is 0. The molecule has 1 amide bonds. The van der Waals surface area contributed by atoms with Crippen LogP contribution in [-0.4, -0.2) is 29.4 Å². The molecule has 2 rings (SSSR count). The van der Waals surface area contributed by atoms with Gasteiger partial charge in [0.25, 0.3) is 5.91 Å². The van der Waals surface area contributed by atoms with Crippen molar-refractivity contribution in [3.05, 3.63) is 35.9 Å². The average Bonchev–Trinajstić information content (AvgIpc) is 2.29. The van der Waals surface area contributed by atoms with E-state index < -0.39 is 0 Å². The van der Waals surface area contributed by atoms with Crippen molar-refractivity contribution in [3.8, 4) is 0 Å². The van der Waals surface area contributed by atoms with Crippen molar-refractivity contribution in [2.45, 2.75) is 25.3 Å². The van der Waals surface area contributed by atoms with Gasteiger partial charge in [0.1, 0.15) is 0 Å². The van der Waals surface area contributed by atoms with E-state index in [-0.39, 0.29) is 11.4 Å². The highest BCUT2D eigenvalue weighted by Crippen LogP contribution is 2.20. The van der Waals surface area contributed by atoms with E-state index in [4.69, 9.17) is 5.73 Å². The van der Waals surface area contributed by atoms with Crippen LogP contribution < -0.4 is 5.73 Å². The number of carbonyl (C=O) groups is 1. The minimum atomic E-state index is -0.104. The molecule has 1 heterocycles. The largest absolute Gasteiger partial charge is 0.339 e. The normalized spacial score (nSPS) is 19.5. The Morgan fingerprint density at radius 2 is 1.81 bits per heavy atom. The van der Waals surface area contributed by atoms with Crippen molar-refractivity contribution >= 4 is 5.91 Å². The highest BCUT2D eigenvalue weighted by molar-refractivity contribution is 5.94. The molecular weight excluding hydrogens is 200 g/mol. The Hall–Kier alpha value is -1.35. The smallest absolute Gasteiger partial charge is 0.253 e. The first-order valence-corrected chi connectivity index (χ1v) is 5.72. The number of hydrogen-bond acceptors (Lipinski definition) is 2. The van der Waals surface area contributed by atoms with E-state index in [2.05, 4.69) is 6.92 Å². The van der Waals surface area contributed by atoms with Gasteiger partial charge in [0.15, 0.2) is 0 Å². The highest BCUT2D eigenvalue weighted by atomic mass is 16.2. The standard InChI is InChI=1S/C13H18N2O/c1-13(14)7-9-15(10-8-13)12(16)11-5-3-2-4-6-11/h2-6H,7-10,14H2,1H3. The second-order valence-electron chi connectivity index (χ2n) is 4.81. The van der Waals surface area contributed by atoms with E-state index in [1.807, 2.05) is 35.2 Å². The van der Waals surface area contributed by atoms with Gasteiger partial charge < -0.3 is 10.6 Å². The summed E-state index contributed by atoms with van der Waals surface area (Å²) in [5, 5.41) is 0. The van der Waals surface area contributed by atoms with E-state index in [1.54, 1.807) is 0 Å². The zero-order valence-electron chi connectivity index (χ0n) is 9.65. The first-order chi connectivity index (χ1) is 7.58. The van der Waals surface area contributed by atoms with Crippen LogP contribution >= 0.6 is 0 Å². The van der Waals surface area contributed by atoms with Gasteiger partial charge in [-0.15, -0.1) is 0 Å². The molecule has 0 bridgehead atoms. The molecule has 0 unspecified atom stereocenters. The molecule has 1 aromatic carbocycles. The van der Waals surface area contributed by atoms with E-state index in [9.17, 15) is 4.79 Å². The molecule has 3 heteroatoms. The first kappa shape index (κ1) is 11.1. The van der Waals surface area contributed by atoms with Gasteiger partial charge in [0.2, 0.25) is 0 Å². The van der Waals surface area contributed by atoms with E-state index >= 15 is 0 Å². The van der Waals surface area contributed by atoms with E-state index in [0.29, 0.717) is 0 Å². The highest BCUT2D eigenvalue weighted by Gasteiger charge is 2.28. The SMILES string of the molecule is CC1(N)CCN(C(=O)c2ccccc2)CC1. The Balaban J connectivity index is 2.03. The monoisotopic (exact) mass is 218 g/mol. The lowest BCUT2D eigenvalue weighted by molar-refractivity contribution is 0.0681. The molecule has 0 radical (unpaired) electrons. The minimum absolute atomic E-state index is 0.104. The number of likely N-dealkylation sites (tertiary alicyclic amines) is 1. The second-order valence-corrected chi connectivity index (χ2v) is 4.81. The molecule has 1 aromatic rings. The van der Waals surface area contributed by atoms with Crippen molar-refractivity contribution in [2.75, 3.05) is 13.1 Å². The number of nitrogens with two attached hydrogens (primary N) is 1. The van der Waals surface area contributed by atoms with Crippen LogP contribution in [0, 0.1) is 0 Å². The lowest BCUT2D eigenvalue weighted by Gasteiger charge is -2.36. The number of carbonyl (C=O) groups excluding carboxylic acids is 1. The predicted octanol–water partition coefficient (Wildman–Crippen LogP) is 1.64. The van der Waals surface area contributed by atoms with Gasteiger partial charge in [-0.25, -0.2) is 0 Å². The lowest BCUT2D eigenvalue weighted by atomic mass is 9.91. The molecule has 0 atom stereocenters. The maximum Gasteiger partial charge on any atom is 0.253 e. The van der Waals surface area contributed by atoms with Crippen molar-refractivity contribution in [2.24, 2.45) is 5.73 Å². The fourth-order valence-corrected chi connectivity index (χ4v) is 1.98. The van der Waals surface area contributed by atoms with Crippen LogP contribution in [0.15, 0.2) is 30.3 Å². The Morgan fingerprint density at radius 3 is 2.38 bits per heavy atom. The van der Waals surface area contributed by atoms with Gasteiger partial charge in [0, 0.05) is 24.2 Å². The number of hydrogen-bond donors (Lipinski definition) is 1. The molecule has 0 aliphatic carbocycles. The van der Waals surface area contributed by atoms with Crippen LogP contribution in [0.25, 0.3) is 0 Å². The van der Waals surface area contributed by atoms with Crippen LogP contribution in [0.4, 0.5) is 0 Å². The van der Waals surface area contributed by atoms with Crippen LogP contribution in [0.2, 0.25) is 0 Å². The van der Waals surface area contributed by atoms with E-state index in [0.717, 1.165) is 31.5 Å². The van der Waals surface area contributed by atoms with Gasteiger partial charge in [-0.2, -0.15) is 0 Å². The van der Waals surface area contributed by atoms with Crippen molar-refractivity contribution in [1.29, 1.82) is 0 Å². The van der Waals surface area contributed by atoms with Gasteiger partial charge in [0.05, 0.1) is 0 Å². The average molecular weight is 218 g/mol. The fraction of sp³-hybridized carbons (Fsp3) is 0.462. The molecule has 0 saturated carbocycles. The summed E-state index contributed by atoms with van der Waals surface area (Å²) < 4.78 is 0. The summed E-state index contributed by atoms with van der Waals surface area (Å²) in [6, 6.07) is 9.43. The molecule has 1 fully saturated rings. The fourth-order valence-electron chi connectivity index (χ4n) is 1.98. The molecule has 86 valence electrons. The summed E-state index contributed by atoms with van der Waals surface area (Å²) in [5.74, 6) is 0.121. The quantitative estimate of drug-likeness (QED) is 0.779. The Labute approximate surface area is 96.2 Å². The summed E-state index contributed by atoms with van der Waals surface area (Å²) in [5.41, 5.74) is 6.70. The zero-order chi connectivity index (χ0) is 11.6. The molecule has 1 aliphatic rings. The van der Waals surface area contributed by atoms with Crippen molar-refractivity contribution in [3.63, 3.8) is 0 Å². The Bertz CT molecular complexity index is 363. The van der Waals surface area contributed by atoms with Crippen LogP contribution in [0.1, 0.15) is 30.1 Å². The third-order valence-corrected chi connectivity index (χ3v) is 3.21. The lowest BCUT2D eigenvalue weighted by Crippen LogP contribution is -2.49. The molecule has 3 nitrogen and oxygen atoms in total. The maximum atomic E-state index is 12.1. The van der Waals surface area contributed by atoms with Crippen LogP contribution in [-0.2, 0) is 0 Å². The predicted molar refractivity (Wildman–Crippen MR) is 64.2 cm³/mol. The minimum Gasteiger partial charge on any atom is -0.339 e. The summed E-state index contributed by atoms with van der Waals surface area (Å²) in [7, 11) is 0. The summed E-state index contributed by atoms with van der Waals surface area (Å²) in [6.07, 6.45) is 1.76. The van der Waals surface area contributed by atoms with Crippen molar-refractivity contribution in [1.82, 2.24) is 4.90 Å². The maximum absolute atomic E-state index is 12.1. The molecule has 2 N–H and O–H groups in total. The molecule has 0 aromatic heterocycles. The molecular formula is C13H18N2O. The second kappa shape index (κ2) is 4.26. The number of nitrogens with zero attached hydrogens (tertiary/aromatic N) is 1. The third kappa shape index (κ3) is 2.42. The molecule has 16 heavy (non-hydrogen) atoms. The Kier molecular flexibility index (Phi) is 2.97. The first-order valence-electron chi connectivity index (χ1n) is 5.72.